The molecular weight excluding hydrogens is 532 g/mol. The monoisotopic (exact) mass is 574 g/mol. The van der Waals surface area contributed by atoms with Crippen LogP contribution >= 0.6 is 11.3 Å². The van der Waals surface area contributed by atoms with Crippen molar-refractivity contribution in [1.29, 1.82) is 0 Å². The van der Waals surface area contributed by atoms with Crippen molar-refractivity contribution in [2.45, 2.75) is 71.4 Å². The highest BCUT2D eigenvalue weighted by molar-refractivity contribution is 7.11. The third kappa shape index (κ3) is 5.77. The number of amides is 3. The predicted octanol–water partition coefficient (Wildman–Crippen LogP) is 2.73. The molecule has 40 heavy (non-hydrogen) atoms. The summed E-state index contributed by atoms with van der Waals surface area (Å²) >= 11 is 1.26. The first-order valence-corrected chi connectivity index (χ1v) is 15.4. The van der Waals surface area contributed by atoms with Gasteiger partial charge < -0.3 is 24.6 Å². The number of likely N-dealkylation sites (tertiary alicyclic amines) is 2. The Hall–Kier alpha value is -2.53. The molecule has 3 amide bonds. The quantitative estimate of drug-likeness (QED) is 0.451. The second-order valence-corrected chi connectivity index (χ2v) is 13.8. The van der Waals surface area contributed by atoms with Gasteiger partial charge >= 0.3 is 5.97 Å². The minimum absolute atomic E-state index is 0.0133. The van der Waals surface area contributed by atoms with E-state index < -0.39 is 29.4 Å². The molecule has 0 aromatic carbocycles. The second kappa shape index (κ2) is 11.4. The maximum absolute atomic E-state index is 13.8. The summed E-state index contributed by atoms with van der Waals surface area (Å²) in [7, 11) is 1.30. The van der Waals surface area contributed by atoms with Crippen LogP contribution in [-0.4, -0.2) is 90.5 Å². The van der Waals surface area contributed by atoms with Gasteiger partial charge in [0.15, 0.2) is 6.04 Å². The number of aromatic nitrogens is 1. The number of nitrogens with zero attached hydrogens (tertiary/aromatic N) is 3. The average Bonchev–Trinajstić information content (AvgIpc) is 3.30. The van der Waals surface area contributed by atoms with Gasteiger partial charge in [0, 0.05) is 44.1 Å². The maximum atomic E-state index is 13.8. The molecule has 1 spiro atoms. The van der Waals surface area contributed by atoms with Gasteiger partial charge in [0.25, 0.3) is 5.91 Å². The van der Waals surface area contributed by atoms with E-state index >= 15 is 0 Å². The molecule has 2 aliphatic carbocycles. The molecule has 0 unspecified atom stereocenters. The summed E-state index contributed by atoms with van der Waals surface area (Å²) in [6.07, 6.45) is 7.71. The zero-order chi connectivity index (χ0) is 28.7. The molecule has 0 bridgehead atoms. The highest BCUT2D eigenvalue weighted by Crippen LogP contribution is 2.54. The Morgan fingerprint density at radius 2 is 1.77 bits per heavy atom. The highest BCUT2D eigenvalue weighted by atomic mass is 32.1. The van der Waals surface area contributed by atoms with Gasteiger partial charge in [-0.25, -0.2) is 4.79 Å². The van der Waals surface area contributed by atoms with Crippen LogP contribution in [0.1, 0.15) is 69.0 Å². The van der Waals surface area contributed by atoms with Gasteiger partial charge in [-0.15, -0.1) is 11.3 Å². The number of hydrogen-bond donors (Lipinski definition) is 1. The van der Waals surface area contributed by atoms with E-state index in [4.69, 9.17) is 9.47 Å². The minimum atomic E-state index is -0.963. The van der Waals surface area contributed by atoms with Crippen LogP contribution in [0.2, 0.25) is 0 Å². The summed E-state index contributed by atoms with van der Waals surface area (Å²) < 4.78 is 11.1. The van der Waals surface area contributed by atoms with Gasteiger partial charge in [-0.3, -0.25) is 19.4 Å². The number of esters is 1. The van der Waals surface area contributed by atoms with Gasteiger partial charge in [0.05, 0.1) is 30.8 Å². The fourth-order valence-corrected chi connectivity index (χ4v) is 7.33. The van der Waals surface area contributed by atoms with Crippen molar-refractivity contribution in [2.24, 2.45) is 28.6 Å². The lowest BCUT2D eigenvalue weighted by molar-refractivity contribution is -0.155. The zero-order valence-electron chi connectivity index (χ0n) is 24.0. The molecule has 1 aromatic heterocycles. The van der Waals surface area contributed by atoms with E-state index in [1.165, 1.54) is 43.9 Å². The van der Waals surface area contributed by atoms with Crippen LogP contribution in [0.25, 0.3) is 0 Å². The summed E-state index contributed by atoms with van der Waals surface area (Å²) in [5, 5.41) is 2.92. The molecule has 2 saturated heterocycles. The topological polar surface area (TPSA) is 118 Å². The van der Waals surface area contributed by atoms with E-state index in [0.717, 1.165) is 19.3 Å². The van der Waals surface area contributed by atoms with Crippen molar-refractivity contribution in [3.05, 3.63) is 16.6 Å². The number of carbonyl (C=O) groups is 4. The van der Waals surface area contributed by atoms with Crippen molar-refractivity contribution in [3.8, 4) is 0 Å². The van der Waals surface area contributed by atoms with Crippen LogP contribution < -0.4 is 5.32 Å². The van der Waals surface area contributed by atoms with Crippen molar-refractivity contribution >= 4 is 35.0 Å². The number of carbonyl (C=O) groups excluding carboxylic acids is 4. The summed E-state index contributed by atoms with van der Waals surface area (Å²) in [5.74, 6) is -1.02. The Morgan fingerprint density at radius 1 is 1.10 bits per heavy atom. The van der Waals surface area contributed by atoms with Gasteiger partial charge in [-0.1, -0.05) is 33.1 Å². The molecular formula is C29H42N4O6S. The molecule has 0 radical (unpaired) electrons. The Bertz CT molecular complexity index is 1110. The second-order valence-electron chi connectivity index (χ2n) is 13.0. The molecule has 1 aromatic rings. The fraction of sp³-hybridized carbons (Fsp3) is 0.759. The van der Waals surface area contributed by atoms with Crippen molar-refractivity contribution in [3.63, 3.8) is 0 Å². The summed E-state index contributed by atoms with van der Waals surface area (Å²) in [5.41, 5.74) is 1.06. The third-order valence-corrected chi connectivity index (χ3v) is 10.3. The van der Waals surface area contributed by atoms with E-state index in [1.54, 1.807) is 17.3 Å². The number of methoxy groups -OCH3 is 1. The average molecular weight is 575 g/mol. The lowest BCUT2D eigenvalue weighted by Crippen LogP contribution is -2.65. The molecule has 4 fully saturated rings. The standard InChI is InChI=1S/C29H42N4O6S/c1-18(39-13-19-8-6-5-7-9-19)23(27(37)38-4)31-24(34)21-12-32(26(36)22-11-30-17-40-22)14-29(21)15-33(16-29)25(35)20-10-28(20,2)3/h11,17-21,23H,5-10,12-16H2,1-4H3,(H,31,34)/t18-,20-,21+,23+/m1/s1. The molecule has 1 N–H and O–H groups in total. The maximum Gasteiger partial charge on any atom is 0.331 e. The van der Waals surface area contributed by atoms with Crippen molar-refractivity contribution < 1.29 is 28.7 Å². The van der Waals surface area contributed by atoms with Gasteiger partial charge in [0.2, 0.25) is 11.8 Å². The van der Waals surface area contributed by atoms with E-state index in [1.807, 2.05) is 4.90 Å². The van der Waals surface area contributed by atoms with Gasteiger partial charge in [0.1, 0.15) is 4.88 Å². The highest BCUT2D eigenvalue weighted by Gasteiger charge is 2.62. The first-order valence-electron chi connectivity index (χ1n) is 14.5. The lowest BCUT2D eigenvalue weighted by atomic mass is 9.70. The van der Waals surface area contributed by atoms with E-state index in [-0.39, 0.29) is 35.6 Å². The molecule has 11 heteroatoms. The fourth-order valence-electron chi connectivity index (χ4n) is 6.75. The third-order valence-electron chi connectivity index (χ3n) is 9.57. The first kappa shape index (κ1) is 29.0. The van der Waals surface area contributed by atoms with Gasteiger partial charge in [-0.05, 0) is 37.5 Å². The van der Waals surface area contributed by atoms with E-state index in [2.05, 4.69) is 24.1 Å². The lowest BCUT2D eigenvalue weighted by Gasteiger charge is -2.50. The van der Waals surface area contributed by atoms with Crippen LogP contribution in [-0.2, 0) is 23.9 Å². The normalized spacial score (nSPS) is 26.6. The minimum Gasteiger partial charge on any atom is -0.467 e. The predicted molar refractivity (Wildman–Crippen MR) is 148 cm³/mol. The number of thiazole rings is 1. The summed E-state index contributed by atoms with van der Waals surface area (Å²) in [4.78, 5) is 61.0. The molecule has 3 heterocycles. The Kier molecular flexibility index (Phi) is 8.25. The van der Waals surface area contributed by atoms with E-state index in [9.17, 15) is 19.2 Å². The Balaban J connectivity index is 1.28. The Morgan fingerprint density at radius 3 is 2.38 bits per heavy atom. The van der Waals surface area contributed by atoms with Crippen LogP contribution in [0, 0.1) is 28.6 Å². The Labute approximate surface area is 240 Å². The largest absolute Gasteiger partial charge is 0.467 e. The molecule has 5 rings (SSSR count). The molecule has 220 valence electrons. The summed E-state index contributed by atoms with van der Waals surface area (Å²) in [6, 6.07) is -0.963. The number of nitrogens with one attached hydrogen (secondary N) is 1. The smallest absolute Gasteiger partial charge is 0.331 e. The van der Waals surface area contributed by atoms with Crippen LogP contribution in [0.4, 0.5) is 0 Å². The van der Waals surface area contributed by atoms with Crippen molar-refractivity contribution in [2.75, 3.05) is 39.9 Å². The van der Waals surface area contributed by atoms with Crippen LogP contribution in [0.15, 0.2) is 11.7 Å². The van der Waals surface area contributed by atoms with Gasteiger partial charge in [-0.2, -0.15) is 0 Å². The SMILES string of the molecule is COC(=O)[C@@H](NC(=O)[C@@H]1CN(C(=O)c2cncs2)CC12CN(C(=O)[C@H]1CC1(C)C)C2)[C@@H](C)OCC1CCCCC1. The molecule has 4 aliphatic rings. The van der Waals surface area contributed by atoms with Crippen molar-refractivity contribution in [1.82, 2.24) is 20.1 Å². The number of hydrogen-bond acceptors (Lipinski definition) is 8. The zero-order valence-corrected chi connectivity index (χ0v) is 24.8. The molecule has 2 saturated carbocycles. The van der Waals surface area contributed by atoms with Crippen LogP contribution in [0.3, 0.4) is 0 Å². The molecule has 4 atom stereocenters. The van der Waals surface area contributed by atoms with E-state index in [0.29, 0.717) is 37.0 Å². The first-order chi connectivity index (χ1) is 19.0. The molecule has 2 aliphatic heterocycles. The molecule has 10 nitrogen and oxygen atoms in total. The number of ether oxygens (including phenoxy) is 2. The summed E-state index contributed by atoms with van der Waals surface area (Å²) in [6.45, 7) is 7.94. The number of rotatable bonds is 9. The van der Waals surface area contributed by atoms with Crippen LogP contribution in [0.5, 0.6) is 0 Å².